The molecule has 0 saturated heterocycles. The van der Waals surface area contributed by atoms with Gasteiger partial charge in [-0.1, -0.05) is 17.8 Å². The van der Waals surface area contributed by atoms with Gasteiger partial charge in [-0.3, -0.25) is 0 Å². The molecule has 0 amide bonds. The topological polar surface area (TPSA) is 37.3 Å². The van der Waals surface area contributed by atoms with Crippen molar-refractivity contribution in [2.45, 2.75) is 17.6 Å². The number of carboxylic acid groups (broad SMARTS) is 1. The lowest BCUT2D eigenvalue weighted by molar-refractivity contribution is 0.0696. The SMILES string of the molecule is Cc1ccc(C(=O)O)cc1SC(F)F. The van der Waals surface area contributed by atoms with E-state index in [0.717, 1.165) is 0 Å². The van der Waals surface area contributed by atoms with Gasteiger partial charge in [0.15, 0.2) is 0 Å². The van der Waals surface area contributed by atoms with Crippen LogP contribution in [0.4, 0.5) is 8.78 Å². The number of halogens is 2. The van der Waals surface area contributed by atoms with Crippen molar-refractivity contribution in [2.75, 3.05) is 0 Å². The highest BCUT2D eigenvalue weighted by Crippen LogP contribution is 2.28. The van der Waals surface area contributed by atoms with Gasteiger partial charge in [-0.2, -0.15) is 8.78 Å². The van der Waals surface area contributed by atoms with Gasteiger partial charge >= 0.3 is 5.97 Å². The van der Waals surface area contributed by atoms with Gasteiger partial charge in [0.05, 0.1) is 5.56 Å². The van der Waals surface area contributed by atoms with Crippen LogP contribution in [0.2, 0.25) is 0 Å². The quantitative estimate of drug-likeness (QED) is 0.792. The molecular formula is C9H8F2O2S. The van der Waals surface area contributed by atoms with E-state index >= 15 is 0 Å². The maximum Gasteiger partial charge on any atom is 0.335 e. The largest absolute Gasteiger partial charge is 0.478 e. The molecule has 1 aromatic rings. The summed E-state index contributed by atoms with van der Waals surface area (Å²) in [6.45, 7) is 1.66. The van der Waals surface area contributed by atoms with Gasteiger partial charge in [0.2, 0.25) is 0 Å². The summed E-state index contributed by atoms with van der Waals surface area (Å²) < 4.78 is 24.1. The second-order valence-electron chi connectivity index (χ2n) is 2.66. The molecule has 1 N–H and O–H groups in total. The van der Waals surface area contributed by atoms with Crippen LogP contribution in [0.15, 0.2) is 23.1 Å². The van der Waals surface area contributed by atoms with Crippen LogP contribution in [0, 0.1) is 6.92 Å². The van der Waals surface area contributed by atoms with Crippen LogP contribution in [0.5, 0.6) is 0 Å². The second-order valence-corrected chi connectivity index (χ2v) is 3.70. The third-order valence-corrected chi connectivity index (χ3v) is 2.52. The molecule has 0 aliphatic carbocycles. The van der Waals surface area contributed by atoms with Gasteiger partial charge < -0.3 is 5.11 Å². The summed E-state index contributed by atoms with van der Waals surface area (Å²) in [6, 6.07) is 4.18. The highest BCUT2D eigenvalue weighted by molar-refractivity contribution is 7.99. The first-order valence-electron chi connectivity index (χ1n) is 3.79. The number of rotatable bonds is 3. The minimum absolute atomic E-state index is 0.0266. The van der Waals surface area contributed by atoms with Gasteiger partial charge in [-0.05, 0) is 24.6 Å². The number of hydrogen-bond donors (Lipinski definition) is 1. The van der Waals surface area contributed by atoms with E-state index in [1.807, 2.05) is 0 Å². The molecule has 1 rings (SSSR count). The Morgan fingerprint density at radius 3 is 2.64 bits per heavy atom. The van der Waals surface area contributed by atoms with Crippen molar-refractivity contribution >= 4 is 17.7 Å². The highest BCUT2D eigenvalue weighted by atomic mass is 32.2. The first-order chi connectivity index (χ1) is 6.50. The Morgan fingerprint density at radius 2 is 2.14 bits per heavy atom. The van der Waals surface area contributed by atoms with E-state index in [4.69, 9.17) is 5.11 Å². The fourth-order valence-electron chi connectivity index (χ4n) is 0.956. The zero-order valence-corrected chi connectivity index (χ0v) is 8.15. The Bertz CT molecular complexity index is 353. The van der Waals surface area contributed by atoms with E-state index < -0.39 is 11.7 Å². The van der Waals surface area contributed by atoms with Crippen LogP contribution >= 0.6 is 11.8 Å². The summed E-state index contributed by atoms with van der Waals surface area (Å²) >= 11 is 0.360. The molecule has 14 heavy (non-hydrogen) atoms. The fourth-order valence-corrected chi connectivity index (χ4v) is 1.60. The molecular weight excluding hydrogens is 210 g/mol. The molecule has 0 heterocycles. The number of aryl methyl sites for hydroxylation is 1. The number of alkyl halides is 2. The van der Waals surface area contributed by atoms with Crippen LogP contribution in [0.25, 0.3) is 0 Å². The number of hydrogen-bond acceptors (Lipinski definition) is 2. The van der Waals surface area contributed by atoms with Crippen molar-refractivity contribution in [3.05, 3.63) is 29.3 Å². The van der Waals surface area contributed by atoms with E-state index in [0.29, 0.717) is 22.2 Å². The summed E-state index contributed by atoms with van der Waals surface area (Å²) in [6.07, 6.45) is 0. The van der Waals surface area contributed by atoms with Crippen LogP contribution in [-0.2, 0) is 0 Å². The summed E-state index contributed by atoms with van der Waals surface area (Å²) in [4.78, 5) is 10.9. The molecule has 0 aliphatic rings. The molecule has 76 valence electrons. The van der Waals surface area contributed by atoms with Crippen molar-refractivity contribution in [1.29, 1.82) is 0 Å². The minimum Gasteiger partial charge on any atom is -0.478 e. The lowest BCUT2D eigenvalue weighted by Crippen LogP contribution is -1.97. The first kappa shape index (κ1) is 11.0. The number of aromatic carboxylic acids is 1. The van der Waals surface area contributed by atoms with Gasteiger partial charge in [0.25, 0.3) is 5.76 Å². The van der Waals surface area contributed by atoms with Crippen LogP contribution < -0.4 is 0 Å². The maximum atomic E-state index is 12.0. The number of carboxylic acids is 1. The number of benzene rings is 1. The van der Waals surface area contributed by atoms with Gasteiger partial charge in [-0.15, -0.1) is 0 Å². The summed E-state index contributed by atoms with van der Waals surface area (Å²) in [5, 5.41) is 8.64. The Kier molecular flexibility index (Phi) is 3.46. The Labute approximate surface area is 83.9 Å². The second kappa shape index (κ2) is 4.41. The monoisotopic (exact) mass is 218 g/mol. The van der Waals surface area contributed by atoms with Gasteiger partial charge in [0.1, 0.15) is 0 Å². The van der Waals surface area contributed by atoms with Crippen molar-refractivity contribution < 1.29 is 18.7 Å². The Balaban J connectivity index is 3.02. The molecule has 1 aromatic carbocycles. The summed E-state index contributed by atoms with van der Waals surface area (Å²) in [5.41, 5.74) is 0.680. The number of thioether (sulfide) groups is 1. The Hall–Kier alpha value is -1.10. The average molecular weight is 218 g/mol. The van der Waals surface area contributed by atoms with Gasteiger partial charge in [0, 0.05) is 4.90 Å². The standard InChI is InChI=1S/C9H8F2O2S/c1-5-2-3-6(8(12)13)4-7(5)14-9(10)11/h2-4,9H,1H3,(H,12,13). The molecule has 0 radical (unpaired) electrons. The normalized spacial score (nSPS) is 10.6. The fraction of sp³-hybridized carbons (Fsp3) is 0.222. The Morgan fingerprint density at radius 1 is 1.50 bits per heavy atom. The molecule has 5 heteroatoms. The third-order valence-electron chi connectivity index (χ3n) is 1.65. The average Bonchev–Trinajstić information content (AvgIpc) is 2.07. The van der Waals surface area contributed by atoms with Crippen LogP contribution in [-0.4, -0.2) is 16.8 Å². The molecule has 0 saturated carbocycles. The predicted molar refractivity (Wildman–Crippen MR) is 50.0 cm³/mol. The van der Waals surface area contributed by atoms with Crippen LogP contribution in [0.1, 0.15) is 15.9 Å². The first-order valence-corrected chi connectivity index (χ1v) is 4.67. The summed E-state index contributed by atoms with van der Waals surface area (Å²) in [7, 11) is 0. The molecule has 0 bridgehead atoms. The van der Waals surface area contributed by atoms with E-state index in [-0.39, 0.29) is 5.56 Å². The summed E-state index contributed by atoms with van der Waals surface area (Å²) in [5.74, 6) is -3.64. The third kappa shape index (κ3) is 2.70. The van der Waals surface area contributed by atoms with E-state index in [9.17, 15) is 13.6 Å². The van der Waals surface area contributed by atoms with Gasteiger partial charge in [-0.25, -0.2) is 4.79 Å². The van der Waals surface area contributed by atoms with Crippen molar-refractivity contribution in [2.24, 2.45) is 0 Å². The van der Waals surface area contributed by atoms with Crippen molar-refractivity contribution in [3.8, 4) is 0 Å². The number of carbonyl (C=O) groups is 1. The highest BCUT2D eigenvalue weighted by Gasteiger charge is 2.10. The molecule has 0 aromatic heterocycles. The predicted octanol–water partition coefficient (Wildman–Crippen LogP) is 3.01. The zero-order chi connectivity index (χ0) is 10.7. The van der Waals surface area contributed by atoms with Crippen molar-refractivity contribution in [3.63, 3.8) is 0 Å². The lowest BCUT2D eigenvalue weighted by Gasteiger charge is -2.05. The molecule has 0 unspecified atom stereocenters. The van der Waals surface area contributed by atoms with Crippen LogP contribution in [0.3, 0.4) is 0 Å². The molecule has 0 spiro atoms. The lowest BCUT2D eigenvalue weighted by atomic mass is 10.1. The molecule has 0 aliphatic heterocycles. The molecule has 0 fully saturated rings. The molecule has 2 nitrogen and oxygen atoms in total. The van der Waals surface area contributed by atoms with Crippen molar-refractivity contribution in [1.82, 2.24) is 0 Å². The minimum atomic E-state index is -2.53. The van der Waals surface area contributed by atoms with E-state index in [1.54, 1.807) is 6.92 Å². The van der Waals surface area contributed by atoms with E-state index in [1.165, 1.54) is 18.2 Å². The smallest absolute Gasteiger partial charge is 0.335 e. The maximum absolute atomic E-state index is 12.0. The van der Waals surface area contributed by atoms with E-state index in [2.05, 4.69) is 0 Å². The molecule has 0 atom stereocenters. The zero-order valence-electron chi connectivity index (χ0n) is 7.33.